The molecule has 0 atom stereocenters. The summed E-state index contributed by atoms with van der Waals surface area (Å²) in [5, 5.41) is 7.10. The first-order chi connectivity index (χ1) is 8.80. The van der Waals surface area contributed by atoms with Gasteiger partial charge in [0, 0.05) is 12.0 Å². The van der Waals surface area contributed by atoms with Crippen LogP contribution in [0.15, 0.2) is 6.07 Å². The van der Waals surface area contributed by atoms with Gasteiger partial charge in [0.15, 0.2) is 5.82 Å². The zero-order valence-corrected chi connectivity index (χ0v) is 10.2. The third kappa shape index (κ3) is 1.99. The topological polar surface area (TPSA) is 85.8 Å². The molecule has 7 nitrogen and oxygen atoms in total. The van der Waals surface area contributed by atoms with Gasteiger partial charge in [0.2, 0.25) is 5.88 Å². The van der Waals surface area contributed by atoms with Gasteiger partial charge in [0.25, 0.3) is 0 Å². The van der Waals surface area contributed by atoms with Crippen molar-refractivity contribution in [3.8, 4) is 23.4 Å². The number of hydrogen-bond acceptors (Lipinski definition) is 6. The summed E-state index contributed by atoms with van der Waals surface area (Å²) in [7, 11) is 3.05. The fourth-order valence-electron chi connectivity index (χ4n) is 1.64. The third-order valence-electron chi connectivity index (χ3n) is 2.77. The molecule has 0 unspecified atom stereocenters. The molecule has 94 valence electrons. The van der Waals surface area contributed by atoms with Crippen molar-refractivity contribution in [3.63, 3.8) is 0 Å². The summed E-state index contributed by atoms with van der Waals surface area (Å²) < 4.78 is 10.1. The molecule has 0 aliphatic heterocycles. The summed E-state index contributed by atoms with van der Waals surface area (Å²) in [4.78, 5) is 12.7. The summed E-state index contributed by atoms with van der Waals surface area (Å²) >= 11 is 0. The van der Waals surface area contributed by atoms with Crippen molar-refractivity contribution in [1.29, 1.82) is 0 Å². The smallest absolute Gasteiger partial charge is 0.320 e. The van der Waals surface area contributed by atoms with Crippen LogP contribution in [0, 0.1) is 0 Å². The average Bonchev–Trinajstić information content (AvgIpc) is 3.15. The molecule has 0 amide bonds. The first kappa shape index (κ1) is 10.9. The minimum atomic E-state index is 0.238. The molecular weight excluding hydrogens is 234 g/mol. The van der Waals surface area contributed by atoms with Gasteiger partial charge in [0.05, 0.1) is 14.2 Å². The number of methoxy groups -OCH3 is 2. The SMILES string of the molecule is COc1cc(-c2n[nH]c(C3CC3)n2)nc(OC)n1. The quantitative estimate of drug-likeness (QED) is 0.872. The molecule has 1 aliphatic carbocycles. The Kier molecular flexibility index (Phi) is 2.58. The van der Waals surface area contributed by atoms with E-state index in [9.17, 15) is 0 Å². The number of nitrogens with one attached hydrogen (secondary N) is 1. The van der Waals surface area contributed by atoms with E-state index in [1.54, 1.807) is 13.2 Å². The van der Waals surface area contributed by atoms with Crippen molar-refractivity contribution < 1.29 is 9.47 Å². The van der Waals surface area contributed by atoms with Gasteiger partial charge in [0.1, 0.15) is 11.5 Å². The number of ether oxygens (including phenoxy) is 2. The molecule has 1 saturated carbocycles. The monoisotopic (exact) mass is 247 g/mol. The van der Waals surface area contributed by atoms with E-state index in [0.29, 0.717) is 23.3 Å². The highest BCUT2D eigenvalue weighted by Crippen LogP contribution is 2.38. The van der Waals surface area contributed by atoms with Gasteiger partial charge < -0.3 is 9.47 Å². The second kappa shape index (κ2) is 4.25. The molecule has 0 saturated heterocycles. The number of nitrogens with zero attached hydrogens (tertiary/aromatic N) is 4. The zero-order valence-electron chi connectivity index (χ0n) is 10.2. The summed E-state index contributed by atoms with van der Waals surface area (Å²) in [5.41, 5.74) is 0.585. The lowest BCUT2D eigenvalue weighted by molar-refractivity contribution is 0.352. The minimum absolute atomic E-state index is 0.238. The Bertz CT molecular complexity index is 542. The maximum atomic E-state index is 5.09. The molecular formula is C11H13N5O2. The molecule has 2 aromatic rings. The Morgan fingerprint density at radius 1 is 1.17 bits per heavy atom. The predicted molar refractivity (Wildman–Crippen MR) is 62.5 cm³/mol. The second-order valence-electron chi connectivity index (χ2n) is 4.10. The van der Waals surface area contributed by atoms with E-state index in [-0.39, 0.29) is 6.01 Å². The van der Waals surface area contributed by atoms with E-state index in [4.69, 9.17) is 9.47 Å². The first-order valence-corrected chi connectivity index (χ1v) is 5.70. The zero-order chi connectivity index (χ0) is 12.5. The summed E-state index contributed by atoms with van der Waals surface area (Å²) in [5.74, 6) is 2.41. The molecule has 3 rings (SSSR count). The van der Waals surface area contributed by atoms with Crippen molar-refractivity contribution in [2.24, 2.45) is 0 Å². The Labute approximate surface area is 104 Å². The maximum Gasteiger partial charge on any atom is 0.320 e. The van der Waals surface area contributed by atoms with Gasteiger partial charge >= 0.3 is 6.01 Å². The average molecular weight is 247 g/mol. The number of rotatable bonds is 4. The molecule has 7 heteroatoms. The fourth-order valence-corrected chi connectivity index (χ4v) is 1.64. The second-order valence-corrected chi connectivity index (χ2v) is 4.10. The van der Waals surface area contributed by atoms with Crippen molar-refractivity contribution in [2.45, 2.75) is 18.8 Å². The lowest BCUT2D eigenvalue weighted by atomic mass is 10.3. The molecule has 0 aromatic carbocycles. The fraction of sp³-hybridized carbons (Fsp3) is 0.455. The van der Waals surface area contributed by atoms with E-state index in [1.807, 2.05) is 0 Å². The predicted octanol–water partition coefficient (Wildman–Crippen LogP) is 1.16. The van der Waals surface area contributed by atoms with Crippen molar-refractivity contribution in [1.82, 2.24) is 25.1 Å². The van der Waals surface area contributed by atoms with Crippen LogP contribution in [0.4, 0.5) is 0 Å². The van der Waals surface area contributed by atoms with Gasteiger partial charge in [-0.3, -0.25) is 5.10 Å². The number of aromatic amines is 1. The van der Waals surface area contributed by atoms with E-state index in [2.05, 4.69) is 25.1 Å². The molecule has 0 bridgehead atoms. The molecule has 0 radical (unpaired) electrons. The highest BCUT2D eigenvalue weighted by molar-refractivity contribution is 5.51. The van der Waals surface area contributed by atoms with Crippen LogP contribution in [0.3, 0.4) is 0 Å². The highest BCUT2D eigenvalue weighted by atomic mass is 16.5. The minimum Gasteiger partial charge on any atom is -0.481 e. The maximum absolute atomic E-state index is 5.09. The summed E-state index contributed by atoms with van der Waals surface area (Å²) in [6.45, 7) is 0. The Morgan fingerprint density at radius 2 is 2.00 bits per heavy atom. The van der Waals surface area contributed by atoms with E-state index in [1.165, 1.54) is 20.0 Å². The Hall–Kier alpha value is -2.18. The first-order valence-electron chi connectivity index (χ1n) is 5.70. The molecule has 2 heterocycles. The van der Waals surface area contributed by atoms with Crippen molar-refractivity contribution in [3.05, 3.63) is 11.9 Å². The summed E-state index contributed by atoms with van der Waals surface area (Å²) in [6, 6.07) is 1.92. The lowest BCUT2D eigenvalue weighted by Gasteiger charge is -2.03. The molecule has 1 fully saturated rings. The molecule has 0 spiro atoms. The molecule has 1 N–H and O–H groups in total. The van der Waals surface area contributed by atoms with Gasteiger partial charge in [-0.2, -0.15) is 15.1 Å². The van der Waals surface area contributed by atoms with Crippen LogP contribution in [-0.2, 0) is 0 Å². The highest BCUT2D eigenvalue weighted by Gasteiger charge is 2.27. The Morgan fingerprint density at radius 3 is 2.67 bits per heavy atom. The van der Waals surface area contributed by atoms with Gasteiger partial charge in [-0.1, -0.05) is 0 Å². The largest absolute Gasteiger partial charge is 0.481 e. The van der Waals surface area contributed by atoms with Crippen LogP contribution in [-0.4, -0.2) is 39.4 Å². The third-order valence-corrected chi connectivity index (χ3v) is 2.77. The number of aromatic nitrogens is 5. The molecule has 18 heavy (non-hydrogen) atoms. The normalized spacial score (nSPS) is 14.6. The molecule has 1 aliphatic rings. The van der Waals surface area contributed by atoms with Crippen LogP contribution in [0.1, 0.15) is 24.6 Å². The van der Waals surface area contributed by atoms with E-state index >= 15 is 0 Å². The van der Waals surface area contributed by atoms with Crippen molar-refractivity contribution in [2.75, 3.05) is 14.2 Å². The van der Waals surface area contributed by atoms with E-state index < -0.39 is 0 Å². The van der Waals surface area contributed by atoms with E-state index in [0.717, 1.165) is 5.82 Å². The standard InChI is InChI=1S/C11H13N5O2/c1-17-8-5-7(12-11(13-8)18-2)10-14-9(15-16-10)6-3-4-6/h5-6H,3-4H2,1-2H3,(H,14,15,16). The summed E-state index contributed by atoms with van der Waals surface area (Å²) in [6.07, 6.45) is 2.34. The van der Waals surface area contributed by atoms with Gasteiger partial charge in [-0.25, -0.2) is 4.98 Å². The number of H-pyrrole nitrogens is 1. The number of hydrogen-bond donors (Lipinski definition) is 1. The van der Waals surface area contributed by atoms with Gasteiger partial charge in [-0.05, 0) is 12.8 Å². The van der Waals surface area contributed by atoms with Crippen molar-refractivity contribution >= 4 is 0 Å². The lowest BCUT2D eigenvalue weighted by Crippen LogP contribution is -1.98. The van der Waals surface area contributed by atoms with Crippen LogP contribution >= 0.6 is 0 Å². The van der Waals surface area contributed by atoms with Crippen LogP contribution in [0.25, 0.3) is 11.5 Å². The van der Waals surface area contributed by atoms with Gasteiger partial charge in [-0.15, -0.1) is 0 Å². The van der Waals surface area contributed by atoms with Crippen LogP contribution < -0.4 is 9.47 Å². The van der Waals surface area contributed by atoms with Crippen LogP contribution in [0.2, 0.25) is 0 Å². The Balaban J connectivity index is 1.97. The van der Waals surface area contributed by atoms with Crippen LogP contribution in [0.5, 0.6) is 11.9 Å². The molecule has 2 aromatic heterocycles.